The van der Waals surface area contributed by atoms with Gasteiger partial charge in [0.25, 0.3) is 0 Å². The fraction of sp³-hybridized carbons (Fsp3) is 0.923. The van der Waals surface area contributed by atoms with Crippen molar-refractivity contribution in [2.75, 3.05) is 26.8 Å². The lowest BCUT2D eigenvalue weighted by atomic mass is 10.1. The fourth-order valence-corrected chi connectivity index (χ4v) is 1.89. The predicted octanol–water partition coefficient (Wildman–Crippen LogP) is 0.389. The average Bonchev–Trinajstić information content (AvgIpc) is 3.15. The molecular weight excluding hydrogens is 230 g/mol. The Balaban J connectivity index is 1.99. The number of hydrogen-bond donors (Lipinski definition) is 3. The number of nitrogens with one attached hydrogen (secondary N) is 2. The Morgan fingerprint density at radius 1 is 1.44 bits per heavy atom. The molecule has 1 fully saturated rings. The van der Waals surface area contributed by atoms with Gasteiger partial charge in [-0.2, -0.15) is 0 Å². The average molecular weight is 257 g/mol. The van der Waals surface area contributed by atoms with Gasteiger partial charge in [-0.1, -0.05) is 0 Å². The number of rotatable bonds is 11. The van der Waals surface area contributed by atoms with Crippen molar-refractivity contribution in [2.45, 2.75) is 50.6 Å². The molecule has 0 aromatic rings. The van der Waals surface area contributed by atoms with Gasteiger partial charge >= 0.3 is 0 Å². The molecule has 1 aliphatic rings. The smallest absolute Gasteiger partial charge is 0.220 e. The van der Waals surface area contributed by atoms with Gasteiger partial charge in [0, 0.05) is 25.6 Å². The summed E-state index contributed by atoms with van der Waals surface area (Å²) >= 11 is 0. The summed E-state index contributed by atoms with van der Waals surface area (Å²) in [7, 11) is 1.71. The molecule has 1 rings (SSSR count). The van der Waals surface area contributed by atoms with Crippen LogP contribution in [0.25, 0.3) is 0 Å². The van der Waals surface area contributed by atoms with Crippen molar-refractivity contribution in [3.8, 4) is 0 Å². The van der Waals surface area contributed by atoms with E-state index in [-0.39, 0.29) is 5.91 Å². The molecule has 4 N–H and O–H groups in total. The van der Waals surface area contributed by atoms with Crippen LogP contribution in [-0.2, 0) is 9.53 Å². The molecule has 0 radical (unpaired) electrons. The summed E-state index contributed by atoms with van der Waals surface area (Å²) in [6.07, 6.45) is 5.82. The molecule has 106 valence electrons. The van der Waals surface area contributed by atoms with Crippen LogP contribution < -0.4 is 16.4 Å². The molecule has 1 saturated carbocycles. The highest BCUT2D eigenvalue weighted by molar-refractivity contribution is 5.76. The third-order valence-corrected chi connectivity index (χ3v) is 3.08. The predicted molar refractivity (Wildman–Crippen MR) is 72.4 cm³/mol. The lowest BCUT2D eigenvalue weighted by Crippen LogP contribution is -2.35. The summed E-state index contributed by atoms with van der Waals surface area (Å²) in [5.74, 6) is 0.185. The molecule has 0 aromatic carbocycles. The molecule has 5 heteroatoms. The van der Waals surface area contributed by atoms with Crippen LogP contribution in [0.1, 0.15) is 38.5 Å². The van der Waals surface area contributed by atoms with E-state index >= 15 is 0 Å². The zero-order chi connectivity index (χ0) is 13.2. The van der Waals surface area contributed by atoms with E-state index in [1.807, 2.05) is 0 Å². The van der Waals surface area contributed by atoms with Crippen LogP contribution in [0.2, 0.25) is 0 Å². The molecule has 18 heavy (non-hydrogen) atoms. The summed E-state index contributed by atoms with van der Waals surface area (Å²) in [5.41, 5.74) is 5.50. The summed E-state index contributed by atoms with van der Waals surface area (Å²) < 4.78 is 5.16. The summed E-state index contributed by atoms with van der Waals surface area (Å²) in [6.45, 7) is 2.27. The number of carbonyl (C=O) groups is 1. The molecule has 5 nitrogen and oxygen atoms in total. The Bertz CT molecular complexity index is 232. The lowest BCUT2D eigenvalue weighted by molar-refractivity contribution is -0.121. The van der Waals surface area contributed by atoms with Crippen molar-refractivity contribution >= 4 is 5.91 Å². The third-order valence-electron chi connectivity index (χ3n) is 3.08. The van der Waals surface area contributed by atoms with Crippen LogP contribution in [0.3, 0.4) is 0 Å². The van der Waals surface area contributed by atoms with Gasteiger partial charge < -0.3 is 21.1 Å². The number of nitrogens with two attached hydrogens (primary N) is 1. The summed E-state index contributed by atoms with van der Waals surface area (Å²) in [5, 5.41) is 6.41. The van der Waals surface area contributed by atoms with Crippen LogP contribution in [0, 0.1) is 0 Å². The molecule has 0 saturated heterocycles. The van der Waals surface area contributed by atoms with Crippen molar-refractivity contribution in [1.29, 1.82) is 0 Å². The lowest BCUT2D eigenvalue weighted by Gasteiger charge is -2.17. The van der Waals surface area contributed by atoms with Gasteiger partial charge in [0.1, 0.15) is 0 Å². The number of methoxy groups -OCH3 is 1. The summed E-state index contributed by atoms with van der Waals surface area (Å²) in [4.78, 5) is 11.5. The second-order valence-corrected chi connectivity index (χ2v) is 4.98. The molecule has 1 atom stereocenters. The van der Waals surface area contributed by atoms with Gasteiger partial charge in [-0.05, 0) is 45.2 Å². The first kappa shape index (κ1) is 15.4. The van der Waals surface area contributed by atoms with E-state index in [0.29, 0.717) is 31.7 Å². The molecule has 1 unspecified atom stereocenters. The van der Waals surface area contributed by atoms with E-state index in [0.717, 1.165) is 38.6 Å². The van der Waals surface area contributed by atoms with Gasteiger partial charge in [0.05, 0.1) is 6.61 Å². The Hall–Kier alpha value is -0.650. The topological polar surface area (TPSA) is 76.4 Å². The quantitative estimate of drug-likeness (QED) is 0.468. The first-order valence-electron chi connectivity index (χ1n) is 6.98. The molecule has 0 aliphatic heterocycles. The molecule has 0 bridgehead atoms. The van der Waals surface area contributed by atoms with E-state index in [1.165, 1.54) is 0 Å². The standard InChI is InChI=1S/C13H27N3O2/c1-18-10-12(4-2-8-14)15-9-3-5-13(17)16-11-6-7-11/h11-12,15H,2-10,14H2,1H3,(H,16,17). The number of hydrogen-bond acceptors (Lipinski definition) is 4. The molecule has 1 amide bonds. The van der Waals surface area contributed by atoms with Gasteiger partial charge in [-0.15, -0.1) is 0 Å². The van der Waals surface area contributed by atoms with Crippen molar-refractivity contribution < 1.29 is 9.53 Å². The molecule has 0 spiro atoms. The maximum absolute atomic E-state index is 11.5. The van der Waals surface area contributed by atoms with Gasteiger partial charge in [-0.25, -0.2) is 0 Å². The van der Waals surface area contributed by atoms with Crippen LogP contribution in [0.15, 0.2) is 0 Å². The Labute approximate surface area is 110 Å². The van der Waals surface area contributed by atoms with E-state index in [2.05, 4.69) is 10.6 Å². The zero-order valence-corrected chi connectivity index (χ0v) is 11.4. The van der Waals surface area contributed by atoms with E-state index < -0.39 is 0 Å². The highest BCUT2D eigenvalue weighted by Crippen LogP contribution is 2.18. The third kappa shape index (κ3) is 7.63. The minimum atomic E-state index is 0.185. The first-order valence-corrected chi connectivity index (χ1v) is 6.98. The second kappa shape index (κ2) is 9.30. The molecule has 0 aromatic heterocycles. The Morgan fingerprint density at radius 2 is 2.22 bits per heavy atom. The normalized spacial score (nSPS) is 16.6. The minimum Gasteiger partial charge on any atom is -0.383 e. The molecular formula is C13H27N3O2. The van der Waals surface area contributed by atoms with E-state index in [1.54, 1.807) is 7.11 Å². The van der Waals surface area contributed by atoms with Gasteiger partial charge in [-0.3, -0.25) is 4.79 Å². The van der Waals surface area contributed by atoms with Crippen LogP contribution in [0.4, 0.5) is 0 Å². The van der Waals surface area contributed by atoms with Crippen molar-refractivity contribution in [3.63, 3.8) is 0 Å². The monoisotopic (exact) mass is 257 g/mol. The van der Waals surface area contributed by atoms with E-state index in [4.69, 9.17) is 10.5 Å². The number of amides is 1. The summed E-state index contributed by atoms with van der Waals surface area (Å²) in [6, 6.07) is 0.821. The first-order chi connectivity index (χ1) is 8.76. The van der Waals surface area contributed by atoms with E-state index in [9.17, 15) is 4.79 Å². The maximum Gasteiger partial charge on any atom is 0.220 e. The highest BCUT2D eigenvalue weighted by atomic mass is 16.5. The van der Waals surface area contributed by atoms with Crippen LogP contribution in [0.5, 0.6) is 0 Å². The largest absolute Gasteiger partial charge is 0.383 e. The maximum atomic E-state index is 11.5. The van der Waals surface area contributed by atoms with Crippen molar-refractivity contribution in [2.24, 2.45) is 5.73 Å². The molecule has 1 aliphatic carbocycles. The van der Waals surface area contributed by atoms with Crippen LogP contribution in [-0.4, -0.2) is 44.8 Å². The Morgan fingerprint density at radius 3 is 2.83 bits per heavy atom. The van der Waals surface area contributed by atoms with Crippen LogP contribution >= 0.6 is 0 Å². The van der Waals surface area contributed by atoms with Gasteiger partial charge in [0.15, 0.2) is 0 Å². The van der Waals surface area contributed by atoms with Gasteiger partial charge in [0.2, 0.25) is 5.91 Å². The zero-order valence-electron chi connectivity index (χ0n) is 11.4. The second-order valence-electron chi connectivity index (χ2n) is 4.98. The number of carbonyl (C=O) groups excluding carboxylic acids is 1. The molecule has 0 heterocycles. The SMILES string of the molecule is COCC(CCCN)NCCCC(=O)NC1CC1. The van der Waals surface area contributed by atoms with Crippen molar-refractivity contribution in [1.82, 2.24) is 10.6 Å². The van der Waals surface area contributed by atoms with Crippen molar-refractivity contribution in [3.05, 3.63) is 0 Å². The number of ether oxygens (including phenoxy) is 1. The fourth-order valence-electron chi connectivity index (χ4n) is 1.89. The highest BCUT2D eigenvalue weighted by Gasteiger charge is 2.22. The Kier molecular flexibility index (Phi) is 7.96. The minimum absolute atomic E-state index is 0.185.